The maximum absolute atomic E-state index is 4.13. The van der Waals surface area contributed by atoms with Gasteiger partial charge in [-0.15, -0.1) is 5.10 Å². The summed E-state index contributed by atoms with van der Waals surface area (Å²) in [6, 6.07) is 6.38. The Morgan fingerprint density at radius 1 is 1.27 bits per heavy atom. The minimum Gasteiger partial charge on any atom is -0.317 e. The van der Waals surface area contributed by atoms with Crippen LogP contribution in [0, 0.1) is 0 Å². The fraction of sp³-hybridized carbons (Fsp3) is 0.455. The van der Waals surface area contributed by atoms with Crippen molar-refractivity contribution in [1.82, 2.24) is 14.9 Å². The first-order valence-corrected chi connectivity index (χ1v) is 6.14. The highest BCUT2D eigenvalue weighted by Gasteiger charge is 2.18. The first kappa shape index (κ1) is 9.24. The van der Waals surface area contributed by atoms with Gasteiger partial charge in [0.05, 0.1) is 4.70 Å². The highest BCUT2D eigenvalue weighted by atomic mass is 32.1. The second-order valence-electron chi connectivity index (χ2n) is 3.99. The molecular formula is C11H13N3S. The van der Waals surface area contributed by atoms with E-state index >= 15 is 0 Å². The summed E-state index contributed by atoms with van der Waals surface area (Å²) in [5, 5.41) is 7.53. The average molecular weight is 219 g/mol. The van der Waals surface area contributed by atoms with Crippen LogP contribution in [0.25, 0.3) is 10.2 Å². The number of nitrogens with zero attached hydrogens (tertiary/aromatic N) is 2. The minimum absolute atomic E-state index is 0.692. The molecule has 0 atom stereocenters. The summed E-state index contributed by atoms with van der Waals surface area (Å²) in [5.41, 5.74) is 2.50. The molecule has 78 valence electrons. The Kier molecular flexibility index (Phi) is 2.38. The zero-order valence-electron chi connectivity index (χ0n) is 8.44. The smallest absolute Gasteiger partial charge is 0.106 e. The number of fused-ring (bicyclic) bond motifs is 1. The normalized spacial score (nSPS) is 18.4. The van der Waals surface area contributed by atoms with Crippen molar-refractivity contribution in [2.45, 2.75) is 18.8 Å². The van der Waals surface area contributed by atoms with Crippen LogP contribution in [0.3, 0.4) is 0 Å². The van der Waals surface area contributed by atoms with Gasteiger partial charge in [-0.1, -0.05) is 16.6 Å². The second-order valence-corrected chi connectivity index (χ2v) is 4.75. The topological polar surface area (TPSA) is 37.8 Å². The van der Waals surface area contributed by atoms with E-state index in [-0.39, 0.29) is 0 Å². The van der Waals surface area contributed by atoms with Gasteiger partial charge >= 0.3 is 0 Å². The molecule has 1 aromatic carbocycles. The van der Waals surface area contributed by atoms with E-state index in [0.717, 1.165) is 18.6 Å². The van der Waals surface area contributed by atoms with Crippen LogP contribution in [0.1, 0.15) is 24.3 Å². The number of hydrogen-bond acceptors (Lipinski definition) is 4. The molecule has 0 amide bonds. The molecule has 3 rings (SSSR count). The van der Waals surface area contributed by atoms with Crippen LogP contribution < -0.4 is 5.32 Å². The molecule has 1 aliphatic rings. The van der Waals surface area contributed by atoms with Gasteiger partial charge in [-0.2, -0.15) is 0 Å². The summed E-state index contributed by atoms with van der Waals surface area (Å²) < 4.78 is 5.31. The molecule has 0 radical (unpaired) electrons. The lowest BCUT2D eigenvalue weighted by Crippen LogP contribution is -2.26. The molecule has 1 saturated heterocycles. The number of aromatic nitrogens is 2. The van der Waals surface area contributed by atoms with Gasteiger partial charge in [0.1, 0.15) is 5.52 Å². The van der Waals surface area contributed by atoms with Crippen molar-refractivity contribution < 1.29 is 0 Å². The quantitative estimate of drug-likeness (QED) is 0.798. The zero-order chi connectivity index (χ0) is 10.1. The fourth-order valence-electron chi connectivity index (χ4n) is 2.28. The van der Waals surface area contributed by atoms with Gasteiger partial charge in [0.2, 0.25) is 0 Å². The van der Waals surface area contributed by atoms with E-state index in [4.69, 9.17) is 0 Å². The third-order valence-corrected chi connectivity index (χ3v) is 3.88. The maximum atomic E-state index is 4.13. The lowest BCUT2D eigenvalue weighted by molar-refractivity contribution is 0.462. The van der Waals surface area contributed by atoms with Crippen molar-refractivity contribution >= 4 is 21.7 Å². The number of hydrogen-bond donors (Lipinski definition) is 1. The van der Waals surface area contributed by atoms with E-state index in [2.05, 4.69) is 27.0 Å². The monoisotopic (exact) mass is 219 g/mol. The molecule has 15 heavy (non-hydrogen) atoms. The minimum atomic E-state index is 0.692. The predicted molar refractivity (Wildman–Crippen MR) is 62.3 cm³/mol. The Bertz CT molecular complexity index is 460. The van der Waals surface area contributed by atoms with E-state index < -0.39 is 0 Å². The second kappa shape index (κ2) is 3.87. The maximum Gasteiger partial charge on any atom is 0.106 e. The predicted octanol–water partition coefficient (Wildman–Crippen LogP) is 2.16. The molecule has 0 aliphatic carbocycles. The van der Waals surface area contributed by atoms with Crippen LogP contribution in [-0.4, -0.2) is 22.7 Å². The summed E-state index contributed by atoms with van der Waals surface area (Å²) in [6.45, 7) is 2.26. The van der Waals surface area contributed by atoms with E-state index in [1.807, 2.05) is 6.07 Å². The van der Waals surface area contributed by atoms with Crippen molar-refractivity contribution in [2.24, 2.45) is 0 Å². The van der Waals surface area contributed by atoms with Gasteiger partial charge < -0.3 is 5.32 Å². The van der Waals surface area contributed by atoms with E-state index in [1.165, 1.54) is 34.6 Å². The van der Waals surface area contributed by atoms with Crippen LogP contribution in [0.4, 0.5) is 0 Å². The molecule has 1 fully saturated rings. The molecular weight excluding hydrogens is 206 g/mol. The third kappa shape index (κ3) is 1.64. The summed E-state index contributed by atoms with van der Waals surface area (Å²) >= 11 is 1.53. The Labute approximate surface area is 92.7 Å². The molecule has 0 unspecified atom stereocenters. The average Bonchev–Trinajstić information content (AvgIpc) is 2.78. The lowest BCUT2D eigenvalue weighted by Gasteiger charge is -2.23. The van der Waals surface area contributed by atoms with E-state index in [1.54, 1.807) is 0 Å². The molecule has 3 nitrogen and oxygen atoms in total. The SMILES string of the molecule is c1cc(C2CCNCC2)c2snnc2c1. The van der Waals surface area contributed by atoms with Gasteiger partial charge in [-0.05, 0) is 55.0 Å². The molecule has 4 heteroatoms. The summed E-state index contributed by atoms with van der Waals surface area (Å²) in [4.78, 5) is 0. The van der Waals surface area contributed by atoms with Gasteiger partial charge in [0.15, 0.2) is 0 Å². The van der Waals surface area contributed by atoms with Crippen molar-refractivity contribution in [2.75, 3.05) is 13.1 Å². The van der Waals surface area contributed by atoms with Crippen molar-refractivity contribution in [3.63, 3.8) is 0 Å². The Balaban J connectivity index is 2.05. The van der Waals surface area contributed by atoms with Gasteiger partial charge in [-0.3, -0.25) is 0 Å². The molecule has 1 aromatic heterocycles. The fourth-order valence-corrected chi connectivity index (χ4v) is 3.03. The van der Waals surface area contributed by atoms with Gasteiger partial charge in [0.25, 0.3) is 0 Å². The Morgan fingerprint density at radius 3 is 3.00 bits per heavy atom. The summed E-state index contributed by atoms with van der Waals surface area (Å²) in [7, 11) is 0. The van der Waals surface area contributed by atoms with E-state index in [9.17, 15) is 0 Å². The summed E-state index contributed by atoms with van der Waals surface area (Å²) in [6.07, 6.45) is 2.47. The van der Waals surface area contributed by atoms with Gasteiger partial charge in [0, 0.05) is 0 Å². The van der Waals surface area contributed by atoms with Crippen LogP contribution in [0.5, 0.6) is 0 Å². The van der Waals surface area contributed by atoms with Crippen molar-refractivity contribution in [1.29, 1.82) is 0 Å². The zero-order valence-corrected chi connectivity index (χ0v) is 9.26. The standard InChI is InChI=1S/C11H13N3S/c1-2-9(8-4-6-12-7-5-8)11-10(3-1)13-14-15-11/h1-3,8,12H,4-7H2. The van der Waals surface area contributed by atoms with Crippen LogP contribution >= 0.6 is 11.5 Å². The van der Waals surface area contributed by atoms with Crippen LogP contribution in [0.15, 0.2) is 18.2 Å². The number of nitrogens with one attached hydrogen (secondary N) is 1. The molecule has 0 bridgehead atoms. The third-order valence-electron chi connectivity index (χ3n) is 3.08. The summed E-state index contributed by atoms with van der Waals surface area (Å²) in [5.74, 6) is 0.692. The largest absolute Gasteiger partial charge is 0.317 e. The molecule has 1 aliphatic heterocycles. The lowest BCUT2D eigenvalue weighted by atomic mass is 9.90. The Hall–Kier alpha value is -1.00. The van der Waals surface area contributed by atoms with Crippen molar-refractivity contribution in [3.05, 3.63) is 23.8 Å². The van der Waals surface area contributed by atoms with Crippen molar-refractivity contribution in [3.8, 4) is 0 Å². The molecule has 0 saturated carbocycles. The molecule has 1 N–H and O–H groups in total. The van der Waals surface area contributed by atoms with Gasteiger partial charge in [-0.25, -0.2) is 0 Å². The Morgan fingerprint density at radius 2 is 2.13 bits per heavy atom. The highest BCUT2D eigenvalue weighted by molar-refractivity contribution is 7.13. The highest BCUT2D eigenvalue weighted by Crippen LogP contribution is 2.32. The first-order valence-electron chi connectivity index (χ1n) is 5.37. The number of rotatable bonds is 1. The number of benzene rings is 1. The van der Waals surface area contributed by atoms with Crippen LogP contribution in [-0.2, 0) is 0 Å². The molecule has 0 spiro atoms. The molecule has 2 aromatic rings. The molecule has 2 heterocycles. The van der Waals surface area contributed by atoms with E-state index in [0.29, 0.717) is 5.92 Å². The number of piperidine rings is 1. The first-order chi connectivity index (χ1) is 7.45. The van der Waals surface area contributed by atoms with Crippen LogP contribution in [0.2, 0.25) is 0 Å².